The Morgan fingerprint density at radius 1 is 1.53 bits per heavy atom. The molecule has 0 radical (unpaired) electrons. The zero-order chi connectivity index (χ0) is 12.3. The molecular formula is C10H10N4O3. The van der Waals surface area contributed by atoms with Crippen LogP contribution in [0.25, 0.3) is 0 Å². The molecule has 17 heavy (non-hydrogen) atoms. The van der Waals surface area contributed by atoms with Crippen molar-refractivity contribution < 1.29 is 14.4 Å². The first-order valence-corrected chi connectivity index (χ1v) is 4.86. The number of carbonyl (C=O) groups excluding carboxylic acids is 1. The predicted octanol–water partition coefficient (Wildman–Crippen LogP) is 0.409. The Labute approximate surface area is 96.5 Å². The maximum absolute atomic E-state index is 11.6. The number of pyridine rings is 1. The Balaban J connectivity index is 1.98. The van der Waals surface area contributed by atoms with Crippen molar-refractivity contribution in [3.63, 3.8) is 0 Å². The Morgan fingerprint density at radius 2 is 2.35 bits per heavy atom. The van der Waals surface area contributed by atoms with E-state index in [4.69, 9.17) is 9.63 Å². The zero-order valence-corrected chi connectivity index (χ0v) is 9.04. The molecule has 1 amide bonds. The number of hydrogen-bond donors (Lipinski definition) is 2. The number of aromatic nitrogens is 3. The number of carbonyl (C=O) groups is 1. The van der Waals surface area contributed by atoms with E-state index in [1.165, 1.54) is 18.5 Å². The van der Waals surface area contributed by atoms with Crippen molar-refractivity contribution in [2.24, 2.45) is 0 Å². The maximum atomic E-state index is 11.6. The summed E-state index contributed by atoms with van der Waals surface area (Å²) < 4.78 is 4.76. The Kier molecular flexibility index (Phi) is 2.99. The second-order valence-corrected chi connectivity index (χ2v) is 3.34. The lowest BCUT2D eigenvalue weighted by Crippen LogP contribution is -2.23. The molecule has 0 aliphatic carbocycles. The van der Waals surface area contributed by atoms with Crippen molar-refractivity contribution in [3.8, 4) is 5.75 Å². The first-order valence-electron chi connectivity index (χ1n) is 4.86. The van der Waals surface area contributed by atoms with Crippen molar-refractivity contribution >= 4 is 5.91 Å². The van der Waals surface area contributed by atoms with Gasteiger partial charge in [-0.3, -0.25) is 9.78 Å². The van der Waals surface area contributed by atoms with Crippen molar-refractivity contribution in [1.29, 1.82) is 0 Å². The van der Waals surface area contributed by atoms with Crippen molar-refractivity contribution in [2.45, 2.75) is 13.5 Å². The Morgan fingerprint density at radius 3 is 3.00 bits per heavy atom. The van der Waals surface area contributed by atoms with Crippen LogP contribution in [0.15, 0.2) is 23.0 Å². The standard InChI is InChI=1S/C10H10N4O3/c1-6-13-9(14-17-6)5-12-10(16)7-2-8(15)4-11-3-7/h2-4,15H,5H2,1H3,(H,12,16). The molecule has 2 aromatic heterocycles. The molecule has 0 fully saturated rings. The molecule has 0 aromatic carbocycles. The summed E-state index contributed by atoms with van der Waals surface area (Å²) in [5.41, 5.74) is 0.269. The van der Waals surface area contributed by atoms with Crippen LogP contribution in [0, 0.1) is 6.92 Å². The van der Waals surface area contributed by atoms with Crippen molar-refractivity contribution in [1.82, 2.24) is 20.4 Å². The van der Waals surface area contributed by atoms with Gasteiger partial charge in [0.2, 0.25) is 5.89 Å². The molecule has 0 bridgehead atoms. The van der Waals surface area contributed by atoms with Gasteiger partial charge >= 0.3 is 0 Å². The smallest absolute Gasteiger partial charge is 0.253 e. The van der Waals surface area contributed by atoms with Crippen molar-refractivity contribution in [2.75, 3.05) is 0 Å². The van der Waals surface area contributed by atoms with Gasteiger partial charge in [0.25, 0.3) is 5.91 Å². The number of rotatable bonds is 3. The molecule has 88 valence electrons. The summed E-state index contributed by atoms with van der Waals surface area (Å²) in [6.45, 7) is 1.82. The van der Waals surface area contributed by atoms with E-state index in [0.29, 0.717) is 11.7 Å². The minimum atomic E-state index is -0.365. The highest BCUT2D eigenvalue weighted by Gasteiger charge is 2.08. The van der Waals surface area contributed by atoms with Gasteiger partial charge in [0.05, 0.1) is 18.3 Å². The molecule has 0 atom stereocenters. The van der Waals surface area contributed by atoms with Gasteiger partial charge < -0.3 is 14.9 Å². The average molecular weight is 234 g/mol. The van der Waals surface area contributed by atoms with Crippen LogP contribution in [0.1, 0.15) is 22.1 Å². The van der Waals surface area contributed by atoms with Crippen LogP contribution in [0.3, 0.4) is 0 Å². The van der Waals surface area contributed by atoms with Crippen LogP contribution >= 0.6 is 0 Å². The van der Waals surface area contributed by atoms with Gasteiger partial charge in [-0.25, -0.2) is 0 Å². The van der Waals surface area contributed by atoms with Gasteiger partial charge in [-0.2, -0.15) is 4.98 Å². The first kappa shape index (κ1) is 11.1. The molecule has 0 aliphatic heterocycles. The van der Waals surface area contributed by atoms with Gasteiger partial charge in [0.1, 0.15) is 5.75 Å². The fourth-order valence-electron chi connectivity index (χ4n) is 1.23. The lowest BCUT2D eigenvalue weighted by molar-refractivity contribution is 0.0949. The molecule has 0 spiro atoms. The summed E-state index contributed by atoms with van der Waals surface area (Å²) in [5.74, 6) is 0.404. The Bertz CT molecular complexity index is 538. The summed E-state index contributed by atoms with van der Waals surface area (Å²) in [6.07, 6.45) is 2.61. The molecule has 7 heteroatoms. The van der Waals surface area contributed by atoms with Gasteiger partial charge in [-0.05, 0) is 6.07 Å². The van der Waals surface area contributed by atoms with Crippen LogP contribution in [0.2, 0.25) is 0 Å². The lowest BCUT2D eigenvalue weighted by atomic mass is 10.2. The van der Waals surface area contributed by atoms with E-state index < -0.39 is 0 Å². The second-order valence-electron chi connectivity index (χ2n) is 3.34. The van der Waals surface area contributed by atoms with E-state index in [-0.39, 0.29) is 23.8 Å². The summed E-state index contributed by atoms with van der Waals surface area (Å²) >= 11 is 0. The fourth-order valence-corrected chi connectivity index (χ4v) is 1.23. The molecule has 7 nitrogen and oxygen atoms in total. The van der Waals surface area contributed by atoms with E-state index >= 15 is 0 Å². The molecule has 0 aliphatic rings. The average Bonchev–Trinajstić information content (AvgIpc) is 2.72. The minimum absolute atomic E-state index is 0.0620. The Hall–Kier alpha value is -2.44. The number of aryl methyl sites for hydroxylation is 1. The fraction of sp³-hybridized carbons (Fsp3) is 0.200. The third-order valence-corrected chi connectivity index (χ3v) is 1.96. The highest BCUT2D eigenvalue weighted by molar-refractivity contribution is 5.94. The monoisotopic (exact) mass is 234 g/mol. The van der Waals surface area contributed by atoms with Crippen LogP contribution in [-0.4, -0.2) is 26.1 Å². The third-order valence-electron chi connectivity index (χ3n) is 1.96. The van der Waals surface area contributed by atoms with Crippen LogP contribution < -0.4 is 5.32 Å². The van der Waals surface area contributed by atoms with Gasteiger partial charge in [-0.1, -0.05) is 5.16 Å². The van der Waals surface area contributed by atoms with E-state index in [0.717, 1.165) is 0 Å². The molecule has 0 saturated heterocycles. The third kappa shape index (κ3) is 2.77. The molecule has 2 rings (SSSR count). The molecule has 2 aromatic rings. The number of amides is 1. The number of nitrogens with one attached hydrogen (secondary N) is 1. The molecule has 0 unspecified atom stereocenters. The van der Waals surface area contributed by atoms with Gasteiger partial charge in [0.15, 0.2) is 5.82 Å². The first-order chi connectivity index (χ1) is 8.15. The van der Waals surface area contributed by atoms with E-state index in [1.54, 1.807) is 6.92 Å². The zero-order valence-electron chi connectivity index (χ0n) is 9.04. The molecule has 2 heterocycles. The number of hydrogen-bond acceptors (Lipinski definition) is 6. The highest BCUT2D eigenvalue weighted by Crippen LogP contribution is 2.08. The van der Waals surface area contributed by atoms with Crippen LogP contribution in [0.5, 0.6) is 5.75 Å². The lowest BCUT2D eigenvalue weighted by Gasteiger charge is -2.01. The topological polar surface area (TPSA) is 101 Å². The maximum Gasteiger partial charge on any atom is 0.253 e. The van der Waals surface area contributed by atoms with Crippen LogP contribution in [-0.2, 0) is 6.54 Å². The van der Waals surface area contributed by atoms with Gasteiger partial charge in [-0.15, -0.1) is 0 Å². The largest absolute Gasteiger partial charge is 0.506 e. The highest BCUT2D eigenvalue weighted by atomic mass is 16.5. The number of aromatic hydroxyl groups is 1. The SMILES string of the molecule is Cc1nc(CNC(=O)c2cncc(O)c2)no1. The second kappa shape index (κ2) is 4.60. The minimum Gasteiger partial charge on any atom is -0.506 e. The molecule has 2 N–H and O–H groups in total. The summed E-state index contributed by atoms with van der Waals surface area (Å²) in [4.78, 5) is 19.3. The summed E-state index contributed by atoms with van der Waals surface area (Å²) in [7, 11) is 0. The summed E-state index contributed by atoms with van der Waals surface area (Å²) in [6, 6.07) is 1.32. The summed E-state index contributed by atoms with van der Waals surface area (Å²) in [5, 5.41) is 15.4. The van der Waals surface area contributed by atoms with Crippen LogP contribution in [0.4, 0.5) is 0 Å². The molecule has 0 saturated carbocycles. The number of nitrogens with zero attached hydrogens (tertiary/aromatic N) is 3. The van der Waals surface area contributed by atoms with Gasteiger partial charge in [0, 0.05) is 13.1 Å². The van der Waals surface area contributed by atoms with E-state index in [9.17, 15) is 4.79 Å². The normalized spacial score (nSPS) is 10.2. The van der Waals surface area contributed by atoms with Crippen molar-refractivity contribution in [3.05, 3.63) is 35.7 Å². The van der Waals surface area contributed by atoms with E-state index in [1.807, 2.05) is 0 Å². The quantitative estimate of drug-likeness (QED) is 0.797. The molecular weight excluding hydrogens is 224 g/mol. The van der Waals surface area contributed by atoms with E-state index in [2.05, 4.69) is 20.4 Å². The predicted molar refractivity (Wildman–Crippen MR) is 56.1 cm³/mol.